The Morgan fingerprint density at radius 1 is 0.339 bits per heavy atom. The monoisotopic (exact) mass is 716 g/mol. The molecule has 0 aliphatic carbocycles. The Kier molecular flexibility index (Phi) is 7.42. The van der Waals surface area contributed by atoms with Gasteiger partial charge in [-0.15, -0.1) is 0 Å². The van der Waals surface area contributed by atoms with Crippen LogP contribution in [-0.4, -0.2) is 19.5 Å². The second-order valence-electron chi connectivity index (χ2n) is 14.0. The number of nitrogens with zero attached hydrogens (tertiary/aromatic N) is 4. The van der Waals surface area contributed by atoms with Crippen LogP contribution in [0.25, 0.3) is 106 Å². The number of hydrogen-bond donors (Lipinski definition) is 0. The van der Waals surface area contributed by atoms with E-state index in [9.17, 15) is 0 Å². The predicted molar refractivity (Wildman–Crippen MR) is 229 cm³/mol. The molecule has 0 radical (unpaired) electrons. The van der Waals surface area contributed by atoms with Gasteiger partial charge in [-0.25, -0.2) is 15.0 Å². The minimum Gasteiger partial charge on any atom is -0.456 e. The van der Waals surface area contributed by atoms with Gasteiger partial charge in [-0.3, -0.25) is 0 Å². The Balaban J connectivity index is 1.05. The summed E-state index contributed by atoms with van der Waals surface area (Å²) < 4.78 is 9.03. The number of furan rings is 1. The Labute approximate surface area is 322 Å². The minimum absolute atomic E-state index is 0.620. The highest BCUT2D eigenvalue weighted by atomic mass is 16.3. The molecule has 0 amide bonds. The lowest BCUT2D eigenvalue weighted by molar-refractivity contribution is 0.668. The summed E-state index contributed by atoms with van der Waals surface area (Å²) in [5.41, 5.74) is 12.4. The van der Waals surface area contributed by atoms with E-state index in [4.69, 9.17) is 19.4 Å². The van der Waals surface area contributed by atoms with E-state index in [0.29, 0.717) is 17.5 Å². The van der Waals surface area contributed by atoms with E-state index in [-0.39, 0.29) is 0 Å². The summed E-state index contributed by atoms with van der Waals surface area (Å²) in [6, 6.07) is 67.4. The molecule has 0 fully saturated rings. The number of benzene rings is 8. The zero-order valence-corrected chi connectivity index (χ0v) is 30.2. The molecule has 0 N–H and O–H groups in total. The van der Waals surface area contributed by atoms with Crippen molar-refractivity contribution in [2.75, 3.05) is 0 Å². The van der Waals surface area contributed by atoms with Crippen LogP contribution in [0.5, 0.6) is 0 Å². The summed E-state index contributed by atoms with van der Waals surface area (Å²) in [7, 11) is 0. The Morgan fingerprint density at radius 2 is 0.875 bits per heavy atom. The maximum Gasteiger partial charge on any atom is 0.164 e. The van der Waals surface area contributed by atoms with Crippen LogP contribution < -0.4 is 0 Å². The number of fused-ring (bicyclic) bond motifs is 6. The first kappa shape index (κ1) is 31.9. The van der Waals surface area contributed by atoms with Gasteiger partial charge in [0, 0.05) is 50.0 Å². The molecule has 0 bridgehead atoms. The van der Waals surface area contributed by atoms with E-state index in [2.05, 4.69) is 138 Å². The topological polar surface area (TPSA) is 56.7 Å². The highest BCUT2D eigenvalue weighted by Gasteiger charge is 2.19. The fourth-order valence-corrected chi connectivity index (χ4v) is 8.11. The van der Waals surface area contributed by atoms with Crippen LogP contribution in [0.15, 0.2) is 199 Å². The zero-order chi connectivity index (χ0) is 37.0. The van der Waals surface area contributed by atoms with Gasteiger partial charge in [0.1, 0.15) is 11.2 Å². The van der Waals surface area contributed by atoms with E-state index in [0.717, 1.165) is 66.5 Å². The summed E-state index contributed by atoms with van der Waals surface area (Å²) in [6.07, 6.45) is 0. The molecule has 8 aromatic carbocycles. The van der Waals surface area contributed by atoms with E-state index in [1.54, 1.807) is 0 Å². The molecule has 5 heteroatoms. The lowest BCUT2D eigenvalue weighted by atomic mass is 9.97. The second kappa shape index (κ2) is 13.0. The lowest BCUT2D eigenvalue weighted by Gasteiger charge is -2.10. The summed E-state index contributed by atoms with van der Waals surface area (Å²) in [4.78, 5) is 14.9. The maximum absolute atomic E-state index is 6.67. The van der Waals surface area contributed by atoms with Crippen LogP contribution in [0.1, 0.15) is 0 Å². The molecule has 5 nitrogen and oxygen atoms in total. The number of hydrogen-bond acceptors (Lipinski definition) is 4. The van der Waals surface area contributed by atoms with E-state index < -0.39 is 0 Å². The van der Waals surface area contributed by atoms with Gasteiger partial charge in [0.05, 0.1) is 11.0 Å². The van der Waals surface area contributed by atoms with Crippen molar-refractivity contribution in [3.05, 3.63) is 194 Å². The smallest absolute Gasteiger partial charge is 0.164 e. The van der Waals surface area contributed by atoms with Crippen molar-refractivity contribution in [1.29, 1.82) is 0 Å². The third-order valence-electron chi connectivity index (χ3n) is 10.7. The van der Waals surface area contributed by atoms with Gasteiger partial charge in [-0.05, 0) is 58.7 Å². The molecule has 0 aliphatic rings. The normalized spacial score (nSPS) is 11.6. The first-order valence-corrected chi connectivity index (χ1v) is 18.8. The molecule has 56 heavy (non-hydrogen) atoms. The molecule has 11 aromatic rings. The average molecular weight is 717 g/mol. The molecule has 0 spiro atoms. The maximum atomic E-state index is 6.67. The van der Waals surface area contributed by atoms with Crippen LogP contribution in [0, 0.1) is 0 Å². The highest BCUT2D eigenvalue weighted by molar-refractivity contribution is 6.16. The van der Waals surface area contributed by atoms with Crippen molar-refractivity contribution in [2.24, 2.45) is 0 Å². The molecule has 11 rings (SSSR count). The van der Waals surface area contributed by atoms with E-state index in [1.165, 1.54) is 21.9 Å². The Bertz CT molecular complexity index is 3180. The van der Waals surface area contributed by atoms with Crippen molar-refractivity contribution in [3.63, 3.8) is 0 Å². The van der Waals surface area contributed by atoms with Crippen LogP contribution in [-0.2, 0) is 0 Å². The molecule has 3 aromatic heterocycles. The SMILES string of the molecule is c1ccc(-c2nc(-c3ccccc3)nc(-c3cccc(-c4cccc5oc6cc(-n7c8ccccc8c8c(-c9ccccc9)cccc87)ccc6c45)c3)n2)cc1. The first-order valence-electron chi connectivity index (χ1n) is 18.8. The minimum atomic E-state index is 0.620. The summed E-state index contributed by atoms with van der Waals surface area (Å²) in [5.74, 6) is 1.89. The van der Waals surface area contributed by atoms with Crippen molar-refractivity contribution < 1.29 is 4.42 Å². The Hall–Kier alpha value is -7.63. The zero-order valence-electron chi connectivity index (χ0n) is 30.2. The van der Waals surface area contributed by atoms with E-state index in [1.807, 2.05) is 60.7 Å². The molecule has 0 saturated carbocycles. The van der Waals surface area contributed by atoms with E-state index >= 15 is 0 Å². The number of aromatic nitrogens is 4. The molecule has 0 atom stereocenters. The average Bonchev–Trinajstić information content (AvgIpc) is 3.83. The molecule has 0 aliphatic heterocycles. The van der Waals surface area contributed by atoms with Crippen molar-refractivity contribution >= 4 is 43.7 Å². The Morgan fingerprint density at radius 3 is 1.59 bits per heavy atom. The molecule has 262 valence electrons. The van der Waals surface area contributed by atoms with Crippen LogP contribution >= 0.6 is 0 Å². The standard InChI is InChI=1S/C51H32N4O/c1-4-15-33(16-5-1)39-24-13-27-44-47(39)41-23-10-11-26-43(41)55(44)38-29-30-42-46(32-38)56-45-28-14-25-40(48(42)45)36-21-12-22-37(31-36)51-53-49(34-17-6-2-7-18-34)52-50(54-51)35-19-8-3-9-20-35/h1-32H. The predicted octanol–water partition coefficient (Wildman–Crippen LogP) is 13.2. The van der Waals surface area contributed by atoms with Gasteiger partial charge < -0.3 is 8.98 Å². The van der Waals surface area contributed by atoms with Gasteiger partial charge in [0.2, 0.25) is 0 Å². The fourth-order valence-electron chi connectivity index (χ4n) is 8.11. The third kappa shape index (κ3) is 5.29. The largest absolute Gasteiger partial charge is 0.456 e. The van der Waals surface area contributed by atoms with Crippen molar-refractivity contribution in [3.8, 4) is 62.1 Å². The van der Waals surface area contributed by atoms with Gasteiger partial charge in [-0.2, -0.15) is 0 Å². The van der Waals surface area contributed by atoms with Crippen molar-refractivity contribution in [2.45, 2.75) is 0 Å². The van der Waals surface area contributed by atoms with Gasteiger partial charge in [-0.1, -0.05) is 152 Å². The fraction of sp³-hybridized carbons (Fsp3) is 0. The second-order valence-corrected chi connectivity index (χ2v) is 14.0. The van der Waals surface area contributed by atoms with Gasteiger partial charge >= 0.3 is 0 Å². The summed E-state index contributed by atoms with van der Waals surface area (Å²) in [5, 5.41) is 4.60. The molecule has 3 heterocycles. The van der Waals surface area contributed by atoms with Crippen molar-refractivity contribution in [1.82, 2.24) is 19.5 Å². The third-order valence-corrected chi connectivity index (χ3v) is 10.7. The first-order chi connectivity index (χ1) is 27.8. The van der Waals surface area contributed by atoms with Crippen LogP contribution in [0.3, 0.4) is 0 Å². The highest BCUT2D eigenvalue weighted by Crippen LogP contribution is 2.41. The molecule has 0 saturated heterocycles. The number of para-hydroxylation sites is 1. The van der Waals surface area contributed by atoms with Gasteiger partial charge in [0.15, 0.2) is 17.5 Å². The molecular weight excluding hydrogens is 685 g/mol. The number of rotatable bonds is 6. The lowest BCUT2D eigenvalue weighted by Crippen LogP contribution is -2.00. The molecular formula is C51H32N4O. The van der Waals surface area contributed by atoms with Crippen LogP contribution in [0.4, 0.5) is 0 Å². The summed E-state index contributed by atoms with van der Waals surface area (Å²) in [6.45, 7) is 0. The van der Waals surface area contributed by atoms with Crippen LogP contribution in [0.2, 0.25) is 0 Å². The van der Waals surface area contributed by atoms with Gasteiger partial charge in [0.25, 0.3) is 0 Å². The summed E-state index contributed by atoms with van der Waals surface area (Å²) >= 11 is 0. The quantitative estimate of drug-likeness (QED) is 0.172. The molecule has 0 unspecified atom stereocenters.